The number of hydrogen-bond acceptors (Lipinski definition) is 5. The Hall–Kier alpha value is -4.47. The maximum atomic E-state index is 13.3. The lowest BCUT2D eigenvalue weighted by molar-refractivity contribution is -0.384. The molecular weight excluding hydrogens is 453 g/mol. The van der Waals surface area contributed by atoms with E-state index in [4.69, 9.17) is 0 Å². The van der Waals surface area contributed by atoms with Crippen molar-refractivity contribution >= 4 is 28.8 Å². The Morgan fingerprint density at radius 3 is 2.26 bits per heavy atom. The summed E-state index contributed by atoms with van der Waals surface area (Å²) in [6.07, 6.45) is -4.71. The van der Waals surface area contributed by atoms with Crippen molar-refractivity contribution in [1.29, 1.82) is 0 Å². The first-order chi connectivity index (χ1) is 16.1. The molecule has 0 spiro atoms. The summed E-state index contributed by atoms with van der Waals surface area (Å²) in [6.45, 7) is 0. The number of carbonyl (C=O) groups excluding carboxylic acids is 2. The largest absolute Gasteiger partial charge is 0.507 e. The highest BCUT2D eigenvalue weighted by molar-refractivity contribution is 6.51. The fourth-order valence-corrected chi connectivity index (χ4v) is 3.81. The van der Waals surface area contributed by atoms with Crippen LogP contribution in [-0.4, -0.2) is 21.7 Å². The van der Waals surface area contributed by atoms with E-state index in [1.807, 2.05) is 0 Å². The van der Waals surface area contributed by atoms with Gasteiger partial charge in [0.2, 0.25) is 0 Å². The Kier molecular flexibility index (Phi) is 5.66. The van der Waals surface area contributed by atoms with Crippen LogP contribution in [0.25, 0.3) is 5.76 Å². The molecule has 7 nitrogen and oxygen atoms in total. The fraction of sp³-hybridized carbons (Fsp3) is 0.0833. The van der Waals surface area contributed by atoms with Gasteiger partial charge in [-0.2, -0.15) is 13.2 Å². The summed E-state index contributed by atoms with van der Waals surface area (Å²) in [5.74, 6) is -2.85. The van der Waals surface area contributed by atoms with Crippen LogP contribution in [0.15, 0.2) is 84.4 Å². The van der Waals surface area contributed by atoms with Crippen molar-refractivity contribution in [3.05, 3.63) is 111 Å². The third-order valence-electron chi connectivity index (χ3n) is 5.34. The molecule has 1 N–H and O–H groups in total. The number of nitrogens with zero attached hydrogens (tertiary/aromatic N) is 2. The Balaban J connectivity index is 1.98. The highest BCUT2D eigenvalue weighted by atomic mass is 19.4. The SMILES string of the molecule is O=C1C(=O)N(c2cccc(C(F)(F)F)c2)C(c2cccc([N+](=O)[O-])c2)/C1=C(\O)c1ccccc1. The number of amides is 1. The number of nitro groups is 1. The number of alkyl halides is 3. The van der Waals surface area contributed by atoms with E-state index in [1.165, 1.54) is 36.4 Å². The van der Waals surface area contributed by atoms with Gasteiger partial charge in [-0.15, -0.1) is 0 Å². The first-order valence-electron chi connectivity index (χ1n) is 9.87. The molecule has 4 rings (SSSR count). The van der Waals surface area contributed by atoms with Crippen molar-refractivity contribution < 1.29 is 32.8 Å². The van der Waals surface area contributed by atoms with Crippen LogP contribution in [0.2, 0.25) is 0 Å². The summed E-state index contributed by atoms with van der Waals surface area (Å²) in [5, 5.41) is 22.2. The fourth-order valence-electron chi connectivity index (χ4n) is 3.81. The Morgan fingerprint density at radius 1 is 0.941 bits per heavy atom. The maximum Gasteiger partial charge on any atom is 0.416 e. The van der Waals surface area contributed by atoms with Crippen molar-refractivity contribution in [2.75, 3.05) is 4.90 Å². The van der Waals surface area contributed by atoms with Crippen molar-refractivity contribution in [3.63, 3.8) is 0 Å². The molecule has 1 amide bonds. The molecule has 1 aliphatic rings. The number of ketones is 1. The van der Waals surface area contributed by atoms with Gasteiger partial charge < -0.3 is 5.11 Å². The van der Waals surface area contributed by atoms with Crippen molar-refractivity contribution in [1.82, 2.24) is 0 Å². The molecule has 10 heteroatoms. The van der Waals surface area contributed by atoms with Gasteiger partial charge in [-0.1, -0.05) is 48.5 Å². The second kappa shape index (κ2) is 8.47. The lowest BCUT2D eigenvalue weighted by atomic mass is 9.94. The van der Waals surface area contributed by atoms with Crippen LogP contribution in [0.5, 0.6) is 0 Å². The Labute approximate surface area is 190 Å². The van der Waals surface area contributed by atoms with Gasteiger partial charge in [-0.3, -0.25) is 24.6 Å². The van der Waals surface area contributed by atoms with Crippen molar-refractivity contribution in [3.8, 4) is 0 Å². The second-order valence-corrected chi connectivity index (χ2v) is 7.44. The molecule has 0 aromatic heterocycles. The molecule has 1 unspecified atom stereocenters. The van der Waals surface area contributed by atoms with Crippen molar-refractivity contribution in [2.24, 2.45) is 0 Å². The molecule has 172 valence electrons. The number of non-ortho nitro benzene ring substituents is 1. The van der Waals surface area contributed by atoms with Crippen molar-refractivity contribution in [2.45, 2.75) is 12.2 Å². The first-order valence-corrected chi connectivity index (χ1v) is 9.87. The third-order valence-corrected chi connectivity index (χ3v) is 5.34. The first kappa shape index (κ1) is 22.7. The molecule has 3 aromatic carbocycles. The number of anilines is 1. The molecular formula is C24H15F3N2O5. The normalized spacial score (nSPS) is 17.7. The molecule has 0 bridgehead atoms. The van der Waals surface area contributed by atoms with E-state index in [9.17, 15) is 38.0 Å². The number of Topliss-reactive ketones (excluding diaryl/α,β-unsaturated/α-hetero) is 1. The van der Waals surface area contributed by atoms with Gasteiger partial charge in [-0.25, -0.2) is 0 Å². The van der Waals surface area contributed by atoms with E-state index in [2.05, 4.69) is 0 Å². The number of carbonyl (C=O) groups is 2. The summed E-state index contributed by atoms with van der Waals surface area (Å²) < 4.78 is 40.0. The molecule has 1 heterocycles. The Bertz CT molecular complexity index is 1340. The lowest BCUT2D eigenvalue weighted by Gasteiger charge is -2.26. The molecule has 34 heavy (non-hydrogen) atoms. The van der Waals surface area contributed by atoms with Gasteiger partial charge in [0, 0.05) is 23.4 Å². The quantitative estimate of drug-likeness (QED) is 0.186. The van der Waals surface area contributed by atoms with Crippen LogP contribution in [-0.2, 0) is 15.8 Å². The van der Waals surface area contributed by atoms with Gasteiger partial charge in [0.05, 0.1) is 22.1 Å². The van der Waals surface area contributed by atoms with Gasteiger partial charge in [0.15, 0.2) is 0 Å². The predicted octanol–water partition coefficient (Wildman–Crippen LogP) is 5.24. The number of nitro benzene ring substituents is 1. The lowest BCUT2D eigenvalue weighted by Crippen LogP contribution is -2.29. The third kappa shape index (κ3) is 4.01. The summed E-state index contributed by atoms with van der Waals surface area (Å²) in [4.78, 5) is 37.5. The molecule has 0 aliphatic carbocycles. The van der Waals surface area contributed by atoms with E-state index in [0.717, 1.165) is 23.1 Å². The second-order valence-electron chi connectivity index (χ2n) is 7.44. The highest BCUT2D eigenvalue weighted by Crippen LogP contribution is 2.43. The van der Waals surface area contributed by atoms with Gasteiger partial charge in [0.25, 0.3) is 17.4 Å². The summed E-state index contributed by atoms with van der Waals surface area (Å²) in [5.41, 5.74) is -1.78. The van der Waals surface area contributed by atoms with Gasteiger partial charge in [0.1, 0.15) is 5.76 Å². The number of aliphatic hydroxyl groups is 1. The molecule has 1 aliphatic heterocycles. The minimum Gasteiger partial charge on any atom is -0.507 e. The van der Waals surface area contributed by atoms with Gasteiger partial charge >= 0.3 is 6.18 Å². The molecule has 0 radical (unpaired) electrons. The highest BCUT2D eigenvalue weighted by Gasteiger charge is 2.47. The summed E-state index contributed by atoms with van der Waals surface area (Å²) in [6, 6.07) is 15.2. The van der Waals surface area contributed by atoms with E-state index >= 15 is 0 Å². The number of benzene rings is 3. The summed E-state index contributed by atoms with van der Waals surface area (Å²) >= 11 is 0. The number of aliphatic hydroxyl groups excluding tert-OH is 1. The monoisotopic (exact) mass is 468 g/mol. The smallest absolute Gasteiger partial charge is 0.416 e. The van der Waals surface area contributed by atoms with E-state index in [-0.39, 0.29) is 22.5 Å². The zero-order valence-electron chi connectivity index (χ0n) is 17.2. The van der Waals surface area contributed by atoms with Crippen LogP contribution < -0.4 is 4.90 Å². The van der Waals surface area contributed by atoms with Gasteiger partial charge in [-0.05, 0) is 23.8 Å². The molecule has 1 atom stereocenters. The standard InChI is InChI=1S/C24H15F3N2O5/c25-24(26,27)16-9-5-10-17(13-16)28-20(15-8-4-11-18(12-15)29(33)34)19(22(31)23(28)32)21(30)14-6-2-1-3-7-14/h1-13,20,30H/b21-19+. The number of hydrogen-bond donors (Lipinski definition) is 1. The number of rotatable bonds is 4. The summed E-state index contributed by atoms with van der Waals surface area (Å²) in [7, 11) is 0. The zero-order chi connectivity index (χ0) is 24.6. The van der Waals surface area contributed by atoms with Crippen LogP contribution in [0.1, 0.15) is 22.7 Å². The van der Waals surface area contributed by atoms with E-state index in [0.29, 0.717) is 6.07 Å². The van der Waals surface area contributed by atoms with Crippen LogP contribution in [0.4, 0.5) is 24.5 Å². The average Bonchev–Trinajstić information content (AvgIpc) is 3.09. The minimum atomic E-state index is -4.71. The van der Waals surface area contributed by atoms with Crippen LogP contribution in [0, 0.1) is 10.1 Å². The molecule has 0 saturated carbocycles. The molecule has 1 fully saturated rings. The topological polar surface area (TPSA) is 101 Å². The van der Waals surface area contributed by atoms with E-state index < -0.39 is 45.7 Å². The van der Waals surface area contributed by atoms with Crippen LogP contribution in [0.3, 0.4) is 0 Å². The molecule has 1 saturated heterocycles. The Morgan fingerprint density at radius 2 is 1.62 bits per heavy atom. The number of halogens is 3. The molecule has 3 aromatic rings. The maximum absolute atomic E-state index is 13.3. The minimum absolute atomic E-state index is 0.0725. The predicted molar refractivity (Wildman–Crippen MR) is 116 cm³/mol. The average molecular weight is 468 g/mol. The van der Waals surface area contributed by atoms with E-state index in [1.54, 1.807) is 18.2 Å². The zero-order valence-corrected chi connectivity index (χ0v) is 17.2. The van der Waals surface area contributed by atoms with Crippen LogP contribution >= 0.6 is 0 Å².